The highest BCUT2D eigenvalue weighted by atomic mass is 16.3. The molecule has 1 N–H and O–H groups in total. The summed E-state index contributed by atoms with van der Waals surface area (Å²) in [6, 6.07) is 5.69. The first-order valence-electron chi connectivity index (χ1n) is 8.48. The molecule has 128 valence electrons. The lowest BCUT2D eigenvalue weighted by molar-refractivity contribution is -0.143. The number of aliphatic hydroxyl groups excluding tert-OH is 1. The second-order valence-corrected chi connectivity index (χ2v) is 7.36. The molecule has 6 heteroatoms. The maximum absolute atomic E-state index is 12.5. The zero-order valence-corrected chi connectivity index (χ0v) is 14.3. The van der Waals surface area contributed by atoms with Crippen LogP contribution >= 0.6 is 0 Å². The second kappa shape index (κ2) is 6.40. The molecule has 1 saturated heterocycles. The van der Waals surface area contributed by atoms with E-state index in [9.17, 15) is 9.90 Å². The average molecular weight is 328 g/mol. The standard InChI is InChI=1S/C18H24N4O2/c1-18(2)14(9-15(18)23)10-17(24)22-7-5-21(6-8-22)16-4-3-13(11-19)12-20-16/h3-4,12,14-15,23H,5-10H2,1-2H3. The molecule has 0 bridgehead atoms. The van der Waals surface area contributed by atoms with Crippen molar-refractivity contribution in [3.8, 4) is 6.07 Å². The maximum atomic E-state index is 12.5. The Kier molecular flexibility index (Phi) is 4.46. The number of carbonyl (C=O) groups excluding carboxylic acids is 1. The van der Waals surface area contributed by atoms with Crippen LogP contribution < -0.4 is 4.90 Å². The van der Waals surface area contributed by atoms with Gasteiger partial charge in [0, 0.05) is 38.8 Å². The molecular formula is C18H24N4O2. The quantitative estimate of drug-likeness (QED) is 0.907. The molecule has 2 aliphatic rings. The van der Waals surface area contributed by atoms with Gasteiger partial charge in [0.1, 0.15) is 11.9 Å². The van der Waals surface area contributed by atoms with E-state index in [0.29, 0.717) is 25.1 Å². The maximum Gasteiger partial charge on any atom is 0.222 e. The molecule has 1 aromatic heterocycles. The minimum atomic E-state index is -0.283. The van der Waals surface area contributed by atoms with Crippen molar-refractivity contribution in [2.24, 2.45) is 11.3 Å². The number of amides is 1. The highest BCUT2D eigenvalue weighted by Crippen LogP contribution is 2.48. The first-order valence-corrected chi connectivity index (χ1v) is 8.48. The largest absolute Gasteiger partial charge is 0.393 e. The number of carbonyl (C=O) groups is 1. The van der Waals surface area contributed by atoms with E-state index in [1.807, 2.05) is 24.8 Å². The third-order valence-electron chi connectivity index (χ3n) is 5.67. The van der Waals surface area contributed by atoms with Crippen LogP contribution in [0.1, 0.15) is 32.3 Å². The van der Waals surface area contributed by atoms with Crippen molar-refractivity contribution in [3.05, 3.63) is 23.9 Å². The van der Waals surface area contributed by atoms with Crippen LogP contribution in [0.3, 0.4) is 0 Å². The van der Waals surface area contributed by atoms with E-state index in [4.69, 9.17) is 5.26 Å². The summed E-state index contributed by atoms with van der Waals surface area (Å²) in [6.45, 7) is 6.95. The van der Waals surface area contributed by atoms with Crippen LogP contribution in [-0.4, -0.2) is 53.2 Å². The highest BCUT2D eigenvalue weighted by molar-refractivity contribution is 5.77. The summed E-state index contributed by atoms with van der Waals surface area (Å²) in [6.07, 6.45) is 2.55. The second-order valence-electron chi connectivity index (χ2n) is 7.36. The molecule has 1 saturated carbocycles. The van der Waals surface area contributed by atoms with Gasteiger partial charge >= 0.3 is 0 Å². The van der Waals surface area contributed by atoms with Gasteiger partial charge in [-0.25, -0.2) is 4.98 Å². The summed E-state index contributed by atoms with van der Waals surface area (Å²) >= 11 is 0. The molecule has 2 heterocycles. The minimum absolute atomic E-state index is 0.149. The summed E-state index contributed by atoms with van der Waals surface area (Å²) in [5.41, 5.74) is 0.405. The van der Waals surface area contributed by atoms with Crippen LogP contribution in [0, 0.1) is 22.7 Å². The molecule has 24 heavy (non-hydrogen) atoms. The molecule has 0 spiro atoms. The fourth-order valence-corrected chi connectivity index (χ4v) is 3.50. The Balaban J connectivity index is 1.51. The van der Waals surface area contributed by atoms with Crippen LogP contribution in [-0.2, 0) is 4.79 Å². The molecule has 1 amide bonds. The Bertz CT molecular complexity index is 642. The number of aliphatic hydroxyl groups is 1. The summed E-state index contributed by atoms with van der Waals surface area (Å²) < 4.78 is 0. The molecule has 2 fully saturated rings. The predicted octanol–water partition coefficient (Wildman–Crippen LogP) is 1.40. The van der Waals surface area contributed by atoms with E-state index in [-0.39, 0.29) is 23.3 Å². The number of hydrogen-bond donors (Lipinski definition) is 1. The zero-order valence-electron chi connectivity index (χ0n) is 14.3. The smallest absolute Gasteiger partial charge is 0.222 e. The van der Waals surface area contributed by atoms with Crippen molar-refractivity contribution in [1.82, 2.24) is 9.88 Å². The first kappa shape index (κ1) is 16.7. The number of pyridine rings is 1. The van der Waals surface area contributed by atoms with Gasteiger partial charge in [-0.3, -0.25) is 4.79 Å². The number of nitrogens with zero attached hydrogens (tertiary/aromatic N) is 4. The number of piperazine rings is 1. The topological polar surface area (TPSA) is 80.5 Å². The zero-order chi connectivity index (χ0) is 17.3. The van der Waals surface area contributed by atoms with Crippen LogP contribution in [0.2, 0.25) is 0 Å². The minimum Gasteiger partial charge on any atom is -0.393 e. The normalized spacial score (nSPS) is 25.8. The molecule has 1 aliphatic heterocycles. The molecule has 0 radical (unpaired) electrons. The number of hydrogen-bond acceptors (Lipinski definition) is 5. The van der Waals surface area contributed by atoms with Crippen molar-refractivity contribution in [1.29, 1.82) is 5.26 Å². The Morgan fingerprint density at radius 3 is 2.58 bits per heavy atom. The lowest BCUT2D eigenvalue weighted by Gasteiger charge is -2.49. The molecule has 1 aliphatic carbocycles. The summed E-state index contributed by atoms with van der Waals surface area (Å²) in [7, 11) is 0. The van der Waals surface area contributed by atoms with E-state index in [2.05, 4.69) is 16.0 Å². The third-order valence-corrected chi connectivity index (χ3v) is 5.67. The fourth-order valence-electron chi connectivity index (χ4n) is 3.50. The number of aromatic nitrogens is 1. The average Bonchev–Trinajstić information content (AvgIpc) is 2.61. The van der Waals surface area contributed by atoms with Gasteiger partial charge in [-0.15, -0.1) is 0 Å². The molecule has 1 aromatic rings. The molecule has 2 unspecified atom stereocenters. The Morgan fingerprint density at radius 2 is 2.08 bits per heavy atom. The first-order chi connectivity index (χ1) is 11.4. The van der Waals surface area contributed by atoms with Crippen LogP contribution in [0.25, 0.3) is 0 Å². The lowest BCUT2D eigenvalue weighted by Crippen LogP contribution is -2.53. The molecule has 2 atom stereocenters. The van der Waals surface area contributed by atoms with Crippen LogP contribution in [0.15, 0.2) is 18.3 Å². The Morgan fingerprint density at radius 1 is 1.38 bits per heavy atom. The fraction of sp³-hybridized carbons (Fsp3) is 0.611. The number of anilines is 1. The predicted molar refractivity (Wildman–Crippen MR) is 90.3 cm³/mol. The van der Waals surface area contributed by atoms with Gasteiger partial charge in [0.25, 0.3) is 0 Å². The van der Waals surface area contributed by atoms with E-state index in [0.717, 1.165) is 25.3 Å². The van der Waals surface area contributed by atoms with E-state index in [1.54, 1.807) is 12.3 Å². The van der Waals surface area contributed by atoms with Crippen molar-refractivity contribution in [3.63, 3.8) is 0 Å². The number of nitriles is 1. The third kappa shape index (κ3) is 3.09. The summed E-state index contributed by atoms with van der Waals surface area (Å²) in [5.74, 6) is 1.31. The highest BCUT2D eigenvalue weighted by Gasteiger charge is 2.48. The number of rotatable bonds is 3. The van der Waals surface area contributed by atoms with Gasteiger partial charge in [0.05, 0.1) is 11.7 Å². The van der Waals surface area contributed by atoms with E-state index >= 15 is 0 Å². The molecule has 6 nitrogen and oxygen atoms in total. The Hall–Kier alpha value is -2.13. The van der Waals surface area contributed by atoms with Gasteiger partial charge in [0.15, 0.2) is 0 Å². The summed E-state index contributed by atoms with van der Waals surface area (Å²) in [4.78, 5) is 20.9. The van der Waals surface area contributed by atoms with Gasteiger partial charge in [-0.2, -0.15) is 5.26 Å². The SMILES string of the molecule is CC1(C)C(O)CC1CC(=O)N1CCN(c2ccc(C#N)cn2)CC1. The van der Waals surface area contributed by atoms with Crippen molar-refractivity contribution in [2.75, 3.05) is 31.1 Å². The monoisotopic (exact) mass is 328 g/mol. The molecule has 0 aromatic carbocycles. The van der Waals surface area contributed by atoms with Gasteiger partial charge in [0.2, 0.25) is 5.91 Å². The van der Waals surface area contributed by atoms with Crippen LogP contribution in [0.4, 0.5) is 5.82 Å². The van der Waals surface area contributed by atoms with E-state index < -0.39 is 0 Å². The van der Waals surface area contributed by atoms with Gasteiger partial charge < -0.3 is 14.9 Å². The van der Waals surface area contributed by atoms with Crippen molar-refractivity contribution < 1.29 is 9.90 Å². The van der Waals surface area contributed by atoms with Crippen molar-refractivity contribution in [2.45, 2.75) is 32.8 Å². The van der Waals surface area contributed by atoms with Crippen LogP contribution in [0.5, 0.6) is 0 Å². The van der Waals surface area contributed by atoms with E-state index in [1.165, 1.54) is 0 Å². The molecule has 3 rings (SSSR count). The van der Waals surface area contributed by atoms with Crippen molar-refractivity contribution >= 4 is 11.7 Å². The summed E-state index contributed by atoms with van der Waals surface area (Å²) in [5, 5.41) is 18.6. The van der Waals surface area contributed by atoms with Gasteiger partial charge in [-0.05, 0) is 29.9 Å². The molecular weight excluding hydrogens is 304 g/mol. The lowest BCUT2D eigenvalue weighted by atomic mass is 9.59. The van der Waals surface area contributed by atoms with Gasteiger partial charge in [-0.1, -0.05) is 13.8 Å². The Labute approximate surface area is 142 Å².